The SMILES string of the molecule is CC(C)N1CCN(c2ccc(CC3(O)CC3)cc2)C1=O. The Morgan fingerprint density at radius 2 is 1.85 bits per heavy atom. The summed E-state index contributed by atoms with van der Waals surface area (Å²) in [5.41, 5.74) is 1.63. The van der Waals surface area contributed by atoms with E-state index in [1.807, 2.05) is 47.9 Å². The van der Waals surface area contributed by atoms with Crippen LogP contribution in [0.2, 0.25) is 0 Å². The zero-order chi connectivity index (χ0) is 14.3. The molecular formula is C16H22N2O2. The largest absolute Gasteiger partial charge is 0.390 e. The molecule has 1 aromatic carbocycles. The van der Waals surface area contributed by atoms with E-state index in [-0.39, 0.29) is 12.1 Å². The fraction of sp³-hybridized carbons (Fsp3) is 0.562. The first-order chi connectivity index (χ1) is 9.48. The van der Waals surface area contributed by atoms with Crippen molar-refractivity contribution in [3.05, 3.63) is 29.8 Å². The number of anilines is 1. The summed E-state index contributed by atoms with van der Waals surface area (Å²) in [7, 11) is 0. The quantitative estimate of drug-likeness (QED) is 0.916. The number of rotatable bonds is 4. The first kappa shape index (κ1) is 13.4. The van der Waals surface area contributed by atoms with Crippen LogP contribution in [0.15, 0.2) is 24.3 Å². The van der Waals surface area contributed by atoms with Crippen LogP contribution < -0.4 is 4.90 Å². The Kier molecular flexibility index (Phi) is 3.21. The summed E-state index contributed by atoms with van der Waals surface area (Å²) in [5.74, 6) is 0. The average molecular weight is 274 g/mol. The molecule has 0 atom stereocenters. The van der Waals surface area contributed by atoms with Gasteiger partial charge in [0, 0.05) is 31.2 Å². The zero-order valence-corrected chi connectivity index (χ0v) is 12.2. The monoisotopic (exact) mass is 274 g/mol. The Morgan fingerprint density at radius 1 is 1.20 bits per heavy atom. The van der Waals surface area contributed by atoms with Crippen molar-refractivity contribution in [1.82, 2.24) is 4.90 Å². The number of aliphatic hydroxyl groups is 1. The van der Waals surface area contributed by atoms with E-state index in [9.17, 15) is 9.90 Å². The van der Waals surface area contributed by atoms with Crippen LogP contribution in [0.5, 0.6) is 0 Å². The summed E-state index contributed by atoms with van der Waals surface area (Å²) < 4.78 is 0. The highest BCUT2D eigenvalue weighted by molar-refractivity contribution is 5.94. The van der Waals surface area contributed by atoms with E-state index in [1.165, 1.54) is 0 Å². The predicted molar refractivity (Wildman–Crippen MR) is 78.9 cm³/mol. The molecule has 4 nitrogen and oxygen atoms in total. The second kappa shape index (κ2) is 4.77. The summed E-state index contributed by atoms with van der Waals surface area (Å²) in [6.45, 7) is 5.62. The molecule has 1 saturated carbocycles. The molecule has 108 valence electrons. The molecule has 2 fully saturated rings. The molecule has 1 aromatic rings. The predicted octanol–water partition coefficient (Wildman–Crippen LogP) is 2.40. The molecule has 0 aromatic heterocycles. The van der Waals surface area contributed by atoms with Gasteiger partial charge in [0.2, 0.25) is 0 Å². The highest BCUT2D eigenvalue weighted by Gasteiger charge is 2.40. The number of carbonyl (C=O) groups excluding carboxylic acids is 1. The molecule has 20 heavy (non-hydrogen) atoms. The summed E-state index contributed by atoms with van der Waals surface area (Å²) in [4.78, 5) is 16.0. The van der Waals surface area contributed by atoms with Gasteiger partial charge in [-0.3, -0.25) is 4.90 Å². The molecule has 0 bridgehead atoms. The lowest BCUT2D eigenvalue weighted by atomic mass is 10.1. The third-order valence-electron chi connectivity index (χ3n) is 4.27. The van der Waals surface area contributed by atoms with Crippen LogP contribution in [0.1, 0.15) is 32.3 Å². The van der Waals surface area contributed by atoms with Crippen molar-refractivity contribution in [3.8, 4) is 0 Å². The van der Waals surface area contributed by atoms with Crippen molar-refractivity contribution in [3.63, 3.8) is 0 Å². The Bertz CT molecular complexity index is 506. The first-order valence-corrected chi connectivity index (χ1v) is 7.38. The lowest BCUT2D eigenvalue weighted by Crippen LogP contribution is -2.36. The van der Waals surface area contributed by atoms with Crippen LogP contribution >= 0.6 is 0 Å². The van der Waals surface area contributed by atoms with Crippen molar-refractivity contribution < 1.29 is 9.90 Å². The molecule has 0 unspecified atom stereocenters. The fourth-order valence-electron chi connectivity index (χ4n) is 2.77. The van der Waals surface area contributed by atoms with E-state index in [4.69, 9.17) is 0 Å². The minimum Gasteiger partial charge on any atom is -0.390 e. The molecule has 1 aliphatic carbocycles. The number of hydrogen-bond acceptors (Lipinski definition) is 2. The summed E-state index contributed by atoms with van der Waals surface area (Å²) in [6.07, 6.45) is 2.53. The van der Waals surface area contributed by atoms with Crippen molar-refractivity contribution in [1.29, 1.82) is 0 Å². The average Bonchev–Trinajstić information content (AvgIpc) is 2.99. The summed E-state index contributed by atoms with van der Waals surface area (Å²) in [6, 6.07) is 8.36. The molecule has 0 radical (unpaired) electrons. The van der Waals surface area contributed by atoms with Crippen LogP contribution in [0.25, 0.3) is 0 Å². The first-order valence-electron chi connectivity index (χ1n) is 7.38. The molecule has 1 heterocycles. The highest BCUT2D eigenvalue weighted by Crippen LogP contribution is 2.38. The van der Waals surface area contributed by atoms with Gasteiger partial charge < -0.3 is 10.0 Å². The molecular weight excluding hydrogens is 252 g/mol. The van der Waals surface area contributed by atoms with E-state index in [2.05, 4.69) is 0 Å². The van der Waals surface area contributed by atoms with E-state index >= 15 is 0 Å². The Morgan fingerprint density at radius 3 is 2.35 bits per heavy atom. The topological polar surface area (TPSA) is 43.8 Å². The summed E-state index contributed by atoms with van der Waals surface area (Å²) in [5, 5.41) is 9.93. The Hall–Kier alpha value is -1.55. The maximum Gasteiger partial charge on any atom is 0.324 e. The second-order valence-corrected chi connectivity index (χ2v) is 6.29. The minimum absolute atomic E-state index is 0.0913. The van der Waals surface area contributed by atoms with E-state index in [1.54, 1.807) is 0 Å². The van der Waals surface area contributed by atoms with E-state index in [0.717, 1.165) is 43.6 Å². The van der Waals surface area contributed by atoms with E-state index in [0.29, 0.717) is 0 Å². The smallest absolute Gasteiger partial charge is 0.324 e. The van der Waals surface area contributed by atoms with Gasteiger partial charge in [-0.25, -0.2) is 4.79 Å². The highest BCUT2D eigenvalue weighted by atomic mass is 16.3. The normalized spacial score (nSPS) is 20.9. The number of hydrogen-bond donors (Lipinski definition) is 1. The molecule has 4 heteroatoms. The lowest BCUT2D eigenvalue weighted by Gasteiger charge is -2.22. The van der Waals surface area contributed by atoms with Gasteiger partial charge in [-0.1, -0.05) is 12.1 Å². The molecule has 3 rings (SSSR count). The van der Waals surface area contributed by atoms with Crippen molar-refractivity contribution in [2.75, 3.05) is 18.0 Å². The number of carbonyl (C=O) groups is 1. The van der Waals surface area contributed by atoms with E-state index < -0.39 is 5.60 Å². The van der Waals surface area contributed by atoms with Crippen molar-refractivity contribution in [2.24, 2.45) is 0 Å². The standard InChI is InChI=1S/C16H22N2O2/c1-12(2)17-9-10-18(15(17)19)14-5-3-13(4-6-14)11-16(20)7-8-16/h3-6,12,20H,7-11H2,1-2H3. The summed E-state index contributed by atoms with van der Waals surface area (Å²) >= 11 is 0. The Labute approximate surface area is 120 Å². The van der Waals surface area contributed by atoms with Gasteiger partial charge in [0.05, 0.1) is 5.60 Å². The third kappa shape index (κ3) is 2.52. The second-order valence-electron chi connectivity index (χ2n) is 6.29. The molecule has 1 N–H and O–H groups in total. The Balaban J connectivity index is 1.70. The minimum atomic E-state index is -0.459. The molecule has 0 spiro atoms. The molecule has 2 amide bonds. The molecule has 2 aliphatic rings. The van der Waals surface area contributed by atoms with Gasteiger partial charge in [-0.05, 0) is 44.4 Å². The fourth-order valence-corrected chi connectivity index (χ4v) is 2.77. The van der Waals surface area contributed by atoms with Gasteiger partial charge in [-0.15, -0.1) is 0 Å². The third-order valence-corrected chi connectivity index (χ3v) is 4.27. The molecule has 1 aliphatic heterocycles. The zero-order valence-electron chi connectivity index (χ0n) is 12.2. The van der Waals surface area contributed by atoms with Crippen LogP contribution in [0, 0.1) is 0 Å². The number of nitrogens with zero attached hydrogens (tertiary/aromatic N) is 2. The van der Waals surface area contributed by atoms with Crippen molar-refractivity contribution >= 4 is 11.7 Å². The number of amides is 2. The number of urea groups is 1. The van der Waals surface area contributed by atoms with Gasteiger partial charge in [0.25, 0.3) is 0 Å². The van der Waals surface area contributed by atoms with Crippen LogP contribution in [-0.4, -0.2) is 40.8 Å². The van der Waals surface area contributed by atoms with Gasteiger partial charge in [0.1, 0.15) is 0 Å². The van der Waals surface area contributed by atoms with Crippen molar-refractivity contribution in [2.45, 2.75) is 44.8 Å². The van der Waals surface area contributed by atoms with Gasteiger partial charge in [-0.2, -0.15) is 0 Å². The maximum absolute atomic E-state index is 12.3. The van der Waals surface area contributed by atoms with Crippen LogP contribution in [-0.2, 0) is 6.42 Å². The maximum atomic E-state index is 12.3. The molecule has 1 saturated heterocycles. The van der Waals surface area contributed by atoms with Gasteiger partial charge >= 0.3 is 6.03 Å². The van der Waals surface area contributed by atoms with Crippen LogP contribution in [0.4, 0.5) is 10.5 Å². The van der Waals surface area contributed by atoms with Gasteiger partial charge in [0.15, 0.2) is 0 Å². The number of benzene rings is 1. The van der Waals surface area contributed by atoms with Crippen LogP contribution in [0.3, 0.4) is 0 Å². The lowest BCUT2D eigenvalue weighted by molar-refractivity contribution is 0.151.